The normalized spacial score (nSPS) is 24.4. The summed E-state index contributed by atoms with van der Waals surface area (Å²) in [7, 11) is 0. The van der Waals surface area contributed by atoms with Gasteiger partial charge in [0.25, 0.3) is 5.91 Å². The smallest absolute Gasteiger partial charge is 0.251 e. The number of amides is 2. The van der Waals surface area contributed by atoms with Crippen LogP contribution in [-0.4, -0.2) is 35.6 Å². The first-order chi connectivity index (χ1) is 13.9. The summed E-state index contributed by atoms with van der Waals surface area (Å²) in [5.74, 6) is -0.294. The van der Waals surface area contributed by atoms with E-state index in [9.17, 15) is 14.7 Å². The number of aliphatic hydroxyl groups excluding tert-OH is 1. The number of hydrogen-bond acceptors (Lipinski definition) is 3. The predicted molar refractivity (Wildman–Crippen MR) is 114 cm³/mol. The first-order valence-corrected chi connectivity index (χ1v) is 10.3. The molecule has 3 atom stereocenters. The van der Waals surface area contributed by atoms with Crippen molar-refractivity contribution in [3.05, 3.63) is 70.7 Å². The Hall–Kier alpha value is -2.37. The fraction of sp³-hybridized carbons (Fsp3) is 0.391. The average Bonchev–Trinajstić information content (AvgIpc) is 2.87. The van der Waals surface area contributed by atoms with Gasteiger partial charge < -0.3 is 15.7 Å². The molecule has 1 fully saturated rings. The van der Waals surface area contributed by atoms with Crippen LogP contribution in [0.1, 0.15) is 48.5 Å². The first kappa shape index (κ1) is 21.3. The van der Waals surface area contributed by atoms with Crippen molar-refractivity contribution in [2.24, 2.45) is 0 Å². The number of nitrogens with one attached hydrogen (secondary N) is 2. The quantitative estimate of drug-likeness (QED) is 0.656. The van der Waals surface area contributed by atoms with Crippen LogP contribution in [0.25, 0.3) is 0 Å². The third-order valence-electron chi connectivity index (χ3n) is 5.79. The SMILES string of the molecule is CC(=O)N[C@H]1CC[C@](CNC(=O)c2ccc(Cl)cc2)(c2ccccc2)CC[C@@H]1O. The zero-order valence-electron chi connectivity index (χ0n) is 16.5. The molecule has 2 amide bonds. The molecule has 1 saturated carbocycles. The van der Waals surface area contributed by atoms with Crippen LogP contribution in [0.3, 0.4) is 0 Å². The number of rotatable bonds is 5. The third kappa shape index (κ3) is 5.37. The van der Waals surface area contributed by atoms with E-state index in [0.717, 1.165) is 18.4 Å². The van der Waals surface area contributed by atoms with Crippen molar-refractivity contribution in [1.29, 1.82) is 0 Å². The lowest BCUT2D eigenvalue weighted by molar-refractivity contribution is -0.120. The molecule has 154 valence electrons. The Balaban J connectivity index is 1.80. The van der Waals surface area contributed by atoms with Crippen LogP contribution < -0.4 is 10.6 Å². The van der Waals surface area contributed by atoms with Gasteiger partial charge in [-0.15, -0.1) is 0 Å². The van der Waals surface area contributed by atoms with E-state index in [-0.39, 0.29) is 23.3 Å². The van der Waals surface area contributed by atoms with Crippen molar-refractivity contribution in [2.75, 3.05) is 6.54 Å². The summed E-state index contributed by atoms with van der Waals surface area (Å²) < 4.78 is 0. The molecule has 0 aromatic heterocycles. The summed E-state index contributed by atoms with van der Waals surface area (Å²) in [6.07, 6.45) is 2.06. The zero-order chi connectivity index (χ0) is 20.9. The average molecular weight is 415 g/mol. The van der Waals surface area contributed by atoms with Gasteiger partial charge in [0.1, 0.15) is 0 Å². The second kappa shape index (κ2) is 9.42. The van der Waals surface area contributed by atoms with Crippen molar-refractivity contribution in [2.45, 2.75) is 50.2 Å². The Kier molecular flexibility index (Phi) is 6.93. The highest BCUT2D eigenvalue weighted by Gasteiger charge is 2.38. The van der Waals surface area contributed by atoms with E-state index in [1.54, 1.807) is 24.3 Å². The Morgan fingerprint density at radius 1 is 1.07 bits per heavy atom. The maximum absolute atomic E-state index is 12.7. The van der Waals surface area contributed by atoms with Gasteiger partial charge in [0, 0.05) is 29.5 Å². The topological polar surface area (TPSA) is 78.4 Å². The fourth-order valence-corrected chi connectivity index (χ4v) is 4.24. The summed E-state index contributed by atoms with van der Waals surface area (Å²) in [4.78, 5) is 24.2. The molecule has 6 heteroatoms. The summed E-state index contributed by atoms with van der Waals surface area (Å²) >= 11 is 5.91. The lowest BCUT2D eigenvalue weighted by Gasteiger charge is -2.34. The maximum atomic E-state index is 12.7. The molecule has 3 rings (SSSR count). The molecule has 0 spiro atoms. The van der Waals surface area contributed by atoms with Crippen molar-refractivity contribution in [3.8, 4) is 0 Å². The minimum Gasteiger partial charge on any atom is -0.391 e. The highest BCUT2D eigenvalue weighted by atomic mass is 35.5. The zero-order valence-corrected chi connectivity index (χ0v) is 17.3. The largest absolute Gasteiger partial charge is 0.391 e. The minimum atomic E-state index is -0.601. The van der Waals surface area contributed by atoms with Gasteiger partial charge in [-0.25, -0.2) is 0 Å². The van der Waals surface area contributed by atoms with E-state index in [1.807, 2.05) is 18.2 Å². The summed E-state index contributed by atoms with van der Waals surface area (Å²) in [5.41, 5.74) is 1.38. The Morgan fingerprint density at radius 3 is 2.38 bits per heavy atom. The standard InChI is InChI=1S/C23H27ClN2O3/c1-16(27)26-20-11-13-23(14-12-21(20)28,18-5-3-2-4-6-18)15-25-22(29)17-7-9-19(24)10-8-17/h2-10,20-21,28H,11-15H2,1H3,(H,25,29)(H,26,27)/t20-,21-,23-/m0/s1. The van der Waals surface area contributed by atoms with Gasteiger partial charge in [-0.3, -0.25) is 9.59 Å². The number of benzene rings is 2. The number of aliphatic hydroxyl groups is 1. The van der Waals surface area contributed by atoms with Crippen LogP contribution in [0.4, 0.5) is 0 Å². The van der Waals surface area contributed by atoms with E-state index in [4.69, 9.17) is 11.6 Å². The molecule has 0 saturated heterocycles. The molecule has 0 unspecified atom stereocenters. The number of hydrogen-bond donors (Lipinski definition) is 3. The van der Waals surface area contributed by atoms with Crippen molar-refractivity contribution < 1.29 is 14.7 Å². The molecular weight excluding hydrogens is 388 g/mol. The molecular formula is C23H27ClN2O3. The molecule has 2 aromatic rings. The number of halogens is 1. The summed E-state index contributed by atoms with van der Waals surface area (Å²) in [6.45, 7) is 1.92. The van der Waals surface area contributed by atoms with Crippen molar-refractivity contribution in [3.63, 3.8) is 0 Å². The van der Waals surface area contributed by atoms with E-state index >= 15 is 0 Å². The second-order valence-corrected chi connectivity index (χ2v) is 8.22. The van der Waals surface area contributed by atoms with E-state index in [1.165, 1.54) is 6.92 Å². The number of carbonyl (C=O) groups excluding carboxylic acids is 2. The highest BCUT2D eigenvalue weighted by Crippen LogP contribution is 2.38. The molecule has 0 heterocycles. The summed E-state index contributed by atoms with van der Waals surface area (Å²) in [5, 5.41) is 17.1. The van der Waals surface area contributed by atoms with Gasteiger partial charge in [0.15, 0.2) is 0 Å². The van der Waals surface area contributed by atoms with E-state index in [0.29, 0.717) is 30.0 Å². The molecule has 2 aromatic carbocycles. The van der Waals surface area contributed by atoms with Crippen molar-refractivity contribution >= 4 is 23.4 Å². The molecule has 5 nitrogen and oxygen atoms in total. The molecule has 1 aliphatic carbocycles. The second-order valence-electron chi connectivity index (χ2n) is 7.79. The molecule has 3 N–H and O–H groups in total. The van der Waals surface area contributed by atoms with Crippen molar-refractivity contribution in [1.82, 2.24) is 10.6 Å². The van der Waals surface area contributed by atoms with Crippen LogP contribution in [0, 0.1) is 0 Å². The summed E-state index contributed by atoms with van der Waals surface area (Å²) in [6, 6.07) is 16.6. The van der Waals surface area contributed by atoms with Gasteiger partial charge in [0.05, 0.1) is 12.1 Å². The van der Waals surface area contributed by atoms with E-state index < -0.39 is 6.10 Å². The monoisotopic (exact) mass is 414 g/mol. The van der Waals surface area contributed by atoms with Crippen LogP contribution in [0.15, 0.2) is 54.6 Å². The lowest BCUT2D eigenvalue weighted by Crippen LogP contribution is -2.42. The molecule has 29 heavy (non-hydrogen) atoms. The lowest BCUT2D eigenvalue weighted by atomic mass is 9.74. The Bertz CT molecular complexity index is 841. The highest BCUT2D eigenvalue weighted by molar-refractivity contribution is 6.30. The van der Waals surface area contributed by atoms with Gasteiger partial charge >= 0.3 is 0 Å². The Labute approximate surface area is 176 Å². The van der Waals surface area contributed by atoms with Crippen LogP contribution in [0.2, 0.25) is 5.02 Å². The predicted octanol–water partition coefficient (Wildman–Crippen LogP) is 3.45. The van der Waals surface area contributed by atoms with Crippen LogP contribution in [-0.2, 0) is 10.2 Å². The first-order valence-electron chi connectivity index (χ1n) is 9.94. The van der Waals surface area contributed by atoms with E-state index in [2.05, 4.69) is 22.8 Å². The van der Waals surface area contributed by atoms with Gasteiger partial charge in [0.2, 0.25) is 5.91 Å². The van der Waals surface area contributed by atoms with Gasteiger partial charge in [-0.05, 0) is 55.5 Å². The van der Waals surface area contributed by atoms with Crippen LogP contribution >= 0.6 is 11.6 Å². The fourth-order valence-electron chi connectivity index (χ4n) is 4.12. The van der Waals surface area contributed by atoms with Crippen LogP contribution in [0.5, 0.6) is 0 Å². The maximum Gasteiger partial charge on any atom is 0.251 e. The molecule has 1 aliphatic rings. The minimum absolute atomic E-state index is 0.141. The molecule has 0 bridgehead atoms. The van der Waals surface area contributed by atoms with Gasteiger partial charge in [-0.1, -0.05) is 41.9 Å². The molecule has 0 aliphatic heterocycles. The number of carbonyl (C=O) groups is 2. The molecule has 0 radical (unpaired) electrons. The third-order valence-corrected chi connectivity index (χ3v) is 6.04. The Morgan fingerprint density at radius 2 is 1.72 bits per heavy atom. The van der Waals surface area contributed by atoms with Gasteiger partial charge in [-0.2, -0.15) is 0 Å².